The average Bonchev–Trinajstić information content (AvgIpc) is 3.05. The standard InChI is InChI=1S/C11H12INO2/c1-15-11(14)10(7-2-3-7)9-5-4-8(12)6-13-9/h4-7,10H,2-3H2,1H3. The molecule has 1 heterocycles. The van der Waals surface area contributed by atoms with Crippen LogP contribution in [0.3, 0.4) is 0 Å². The van der Waals surface area contributed by atoms with Gasteiger partial charge >= 0.3 is 5.97 Å². The predicted octanol–water partition coefficient (Wildman–Crippen LogP) is 2.35. The van der Waals surface area contributed by atoms with Crippen LogP contribution in [0.5, 0.6) is 0 Å². The second-order valence-electron chi connectivity index (χ2n) is 3.74. The Labute approximate surface area is 102 Å². The molecule has 1 aliphatic carbocycles. The summed E-state index contributed by atoms with van der Waals surface area (Å²) >= 11 is 2.20. The molecule has 1 aromatic rings. The molecule has 1 saturated carbocycles. The predicted molar refractivity (Wildman–Crippen MR) is 64.4 cm³/mol. The van der Waals surface area contributed by atoms with Crippen LogP contribution in [0.2, 0.25) is 0 Å². The van der Waals surface area contributed by atoms with Gasteiger partial charge in [-0.05, 0) is 53.5 Å². The molecule has 15 heavy (non-hydrogen) atoms. The lowest BCUT2D eigenvalue weighted by molar-refractivity contribution is -0.143. The van der Waals surface area contributed by atoms with Crippen molar-refractivity contribution in [3.8, 4) is 0 Å². The van der Waals surface area contributed by atoms with E-state index in [2.05, 4.69) is 27.6 Å². The van der Waals surface area contributed by atoms with Crippen molar-refractivity contribution in [3.63, 3.8) is 0 Å². The number of halogens is 1. The molecule has 4 heteroatoms. The van der Waals surface area contributed by atoms with E-state index in [1.165, 1.54) is 7.11 Å². The molecule has 0 bridgehead atoms. The fourth-order valence-corrected chi connectivity index (χ4v) is 2.00. The minimum atomic E-state index is -0.161. The first-order chi connectivity index (χ1) is 7.22. The number of nitrogens with zero attached hydrogens (tertiary/aromatic N) is 1. The first-order valence-electron chi connectivity index (χ1n) is 4.91. The van der Waals surface area contributed by atoms with Crippen molar-refractivity contribution >= 4 is 28.6 Å². The average molecular weight is 317 g/mol. The summed E-state index contributed by atoms with van der Waals surface area (Å²) < 4.78 is 5.90. The molecule has 0 radical (unpaired) electrons. The summed E-state index contributed by atoms with van der Waals surface area (Å²) in [6.07, 6.45) is 4.00. The molecular formula is C11H12INO2. The summed E-state index contributed by atoms with van der Waals surface area (Å²) in [5, 5.41) is 0. The monoisotopic (exact) mass is 317 g/mol. The maximum Gasteiger partial charge on any atom is 0.315 e. The molecule has 1 atom stereocenters. The normalized spacial score (nSPS) is 17.2. The molecule has 1 aliphatic rings. The van der Waals surface area contributed by atoms with E-state index in [1.807, 2.05) is 12.1 Å². The fraction of sp³-hybridized carbons (Fsp3) is 0.455. The van der Waals surface area contributed by atoms with Gasteiger partial charge in [-0.3, -0.25) is 9.78 Å². The van der Waals surface area contributed by atoms with Gasteiger partial charge in [-0.1, -0.05) is 0 Å². The van der Waals surface area contributed by atoms with Gasteiger partial charge in [-0.2, -0.15) is 0 Å². The Balaban J connectivity index is 2.24. The smallest absolute Gasteiger partial charge is 0.315 e. The van der Waals surface area contributed by atoms with E-state index in [4.69, 9.17) is 4.74 Å². The van der Waals surface area contributed by atoms with Crippen molar-refractivity contribution < 1.29 is 9.53 Å². The number of aromatic nitrogens is 1. The lowest BCUT2D eigenvalue weighted by atomic mass is 9.99. The van der Waals surface area contributed by atoms with E-state index in [0.717, 1.165) is 22.1 Å². The first-order valence-corrected chi connectivity index (χ1v) is 5.99. The van der Waals surface area contributed by atoms with Gasteiger partial charge < -0.3 is 4.74 Å². The Kier molecular flexibility index (Phi) is 3.23. The van der Waals surface area contributed by atoms with Crippen LogP contribution in [0.1, 0.15) is 24.5 Å². The zero-order chi connectivity index (χ0) is 10.8. The van der Waals surface area contributed by atoms with E-state index >= 15 is 0 Å². The SMILES string of the molecule is COC(=O)C(c1ccc(I)cn1)C1CC1. The van der Waals surface area contributed by atoms with Crippen LogP contribution in [0.4, 0.5) is 0 Å². The molecule has 0 spiro atoms. The Morgan fingerprint density at radius 2 is 2.33 bits per heavy atom. The third kappa shape index (κ3) is 2.48. The van der Waals surface area contributed by atoms with Gasteiger partial charge in [0.2, 0.25) is 0 Å². The molecule has 1 unspecified atom stereocenters. The summed E-state index contributed by atoms with van der Waals surface area (Å²) in [7, 11) is 1.43. The number of hydrogen-bond acceptors (Lipinski definition) is 3. The van der Waals surface area contributed by atoms with Crippen LogP contribution in [0.15, 0.2) is 18.3 Å². The maximum absolute atomic E-state index is 11.6. The molecular weight excluding hydrogens is 305 g/mol. The van der Waals surface area contributed by atoms with E-state index in [9.17, 15) is 4.79 Å². The van der Waals surface area contributed by atoms with Crippen molar-refractivity contribution in [1.82, 2.24) is 4.98 Å². The number of esters is 1. The third-order valence-corrected chi connectivity index (χ3v) is 3.26. The Morgan fingerprint density at radius 3 is 2.80 bits per heavy atom. The lowest BCUT2D eigenvalue weighted by Crippen LogP contribution is -2.17. The summed E-state index contributed by atoms with van der Waals surface area (Å²) in [5.74, 6) is 0.114. The Hall–Kier alpha value is -0.650. The van der Waals surface area contributed by atoms with Gasteiger partial charge in [0, 0.05) is 9.77 Å². The van der Waals surface area contributed by atoms with E-state index in [1.54, 1.807) is 6.20 Å². The molecule has 0 aromatic carbocycles. The number of methoxy groups -OCH3 is 1. The van der Waals surface area contributed by atoms with Crippen LogP contribution in [-0.4, -0.2) is 18.1 Å². The fourth-order valence-electron chi connectivity index (χ4n) is 1.68. The minimum Gasteiger partial charge on any atom is -0.468 e. The first kappa shape index (κ1) is 10.9. The number of hydrogen-bond donors (Lipinski definition) is 0. The highest BCUT2D eigenvalue weighted by Gasteiger charge is 2.38. The largest absolute Gasteiger partial charge is 0.468 e. The van der Waals surface area contributed by atoms with Crippen molar-refractivity contribution in [2.45, 2.75) is 18.8 Å². The Morgan fingerprint density at radius 1 is 1.60 bits per heavy atom. The third-order valence-electron chi connectivity index (χ3n) is 2.62. The Bertz CT molecular complexity index is 359. The number of carbonyl (C=O) groups excluding carboxylic acids is 1. The number of carbonyl (C=O) groups is 1. The zero-order valence-corrected chi connectivity index (χ0v) is 10.6. The summed E-state index contributed by atoms with van der Waals surface area (Å²) in [5.41, 5.74) is 0.838. The molecule has 0 N–H and O–H groups in total. The minimum absolute atomic E-state index is 0.160. The highest BCUT2D eigenvalue weighted by atomic mass is 127. The van der Waals surface area contributed by atoms with Crippen LogP contribution < -0.4 is 0 Å². The number of pyridine rings is 1. The quantitative estimate of drug-likeness (QED) is 0.635. The topological polar surface area (TPSA) is 39.2 Å². The summed E-state index contributed by atoms with van der Waals surface area (Å²) in [6.45, 7) is 0. The van der Waals surface area contributed by atoms with Gasteiger partial charge in [0.1, 0.15) is 5.92 Å². The summed E-state index contributed by atoms with van der Waals surface area (Å²) in [6, 6.07) is 3.89. The van der Waals surface area contributed by atoms with E-state index < -0.39 is 0 Å². The molecule has 0 saturated heterocycles. The van der Waals surface area contributed by atoms with Crippen LogP contribution in [0.25, 0.3) is 0 Å². The molecule has 1 aromatic heterocycles. The van der Waals surface area contributed by atoms with Gasteiger partial charge in [0.15, 0.2) is 0 Å². The molecule has 0 aliphatic heterocycles. The van der Waals surface area contributed by atoms with Crippen LogP contribution in [0, 0.1) is 9.49 Å². The summed E-state index contributed by atoms with van der Waals surface area (Å²) in [4.78, 5) is 15.9. The maximum atomic E-state index is 11.6. The second-order valence-corrected chi connectivity index (χ2v) is 4.99. The van der Waals surface area contributed by atoms with Crippen molar-refractivity contribution in [3.05, 3.63) is 27.6 Å². The van der Waals surface area contributed by atoms with Gasteiger partial charge in [0.05, 0.1) is 12.8 Å². The highest BCUT2D eigenvalue weighted by molar-refractivity contribution is 14.1. The molecule has 1 fully saturated rings. The molecule has 2 rings (SSSR count). The van der Waals surface area contributed by atoms with Crippen molar-refractivity contribution in [2.24, 2.45) is 5.92 Å². The number of ether oxygens (including phenoxy) is 1. The van der Waals surface area contributed by atoms with Crippen molar-refractivity contribution in [1.29, 1.82) is 0 Å². The van der Waals surface area contributed by atoms with Gasteiger partial charge in [0.25, 0.3) is 0 Å². The zero-order valence-electron chi connectivity index (χ0n) is 8.44. The lowest BCUT2D eigenvalue weighted by Gasteiger charge is -2.12. The molecule has 0 amide bonds. The van der Waals surface area contributed by atoms with Gasteiger partial charge in [-0.25, -0.2) is 0 Å². The molecule has 3 nitrogen and oxygen atoms in total. The van der Waals surface area contributed by atoms with E-state index in [0.29, 0.717) is 5.92 Å². The van der Waals surface area contributed by atoms with Crippen LogP contribution >= 0.6 is 22.6 Å². The number of rotatable bonds is 3. The van der Waals surface area contributed by atoms with Crippen LogP contribution in [-0.2, 0) is 9.53 Å². The van der Waals surface area contributed by atoms with Crippen molar-refractivity contribution in [2.75, 3.05) is 7.11 Å². The van der Waals surface area contributed by atoms with E-state index in [-0.39, 0.29) is 11.9 Å². The van der Waals surface area contributed by atoms with Gasteiger partial charge in [-0.15, -0.1) is 0 Å². The highest BCUT2D eigenvalue weighted by Crippen LogP contribution is 2.42. The second kappa shape index (κ2) is 4.47. The molecule has 80 valence electrons.